The number of likely N-dealkylation sites (tertiary alicyclic amines) is 1. The van der Waals surface area contributed by atoms with Gasteiger partial charge in [-0.1, -0.05) is 20.8 Å². The van der Waals surface area contributed by atoms with Gasteiger partial charge in [0.15, 0.2) is 0 Å². The lowest BCUT2D eigenvalue weighted by atomic mass is 9.91. The van der Waals surface area contributed by atoms with Crippen molar-refractivity contribution in [1.82, 2.24) is 20.1 Å². The Morgan fingerprint density at radius 3 is 2.67 bits per heavy atom. The number of thiazole rings is 1. The molecule has 1 aliphatic rings. The van der Waals surface area contributed by atoms with Crippen LogP contribution in [-0.4, -0.2) is 33.2 Å². The van der Waals surface area contributed by atoms with Crippen LogP contribution in [0.2, 0.25) is 0 Å². The molecule has 2 aromatic heterocycles. The normalized spacial score (nSPS) is 18.2. The summed E-state index contributed by atoms with van der Waals surface area (Å²) in [7, 11) is 0. The van der Waals surface area contributed by atoms with E-state index in [1.807, 2.05) is 12.4 Å². The van der Waals surface area contributed by atoms with E-state index in [4.69, 9.17) is 4.98 Å². The summed E-state index contributed by atoms with van der Waals surface area (Å²) in [6.07, 6.45) is 6.44. The smallest absolute Gasteiger partial charge is 0.0982 e. The van der Waals surface area contributed by atoms with Crippen molar-refractivity contribution in [2.24, 2.45) is 0 Å². The third kappa shape index (κ3) is 3.52. The summed E-state index contributed by atoms with van der Waals surface area (Å²) >= 11 is 1.79. The molecule has 0 amide bonds. The Balaban J connectivity index is 1.55. The fourth-order valence-electron chi connectivity index (χ4n) is 2.86. The molecule has 3 heterocycles. The lowest BCUT2D eigenvalue weighted by Gasteiger charge is -2.31. The van der Waals surface area contributed by atoms with Crippen LogP contribution >= 0.6 is 11.3 Å². The fourth-order valence-corrected chi connectivity index (χ4v) is 3.76. The molecule has 1 fully saturated rings. The van der Waals surface area contributed by atoms with Gasteiger partial charge in [-0.2, -0.15) is 5.10 Å². The number of hydrogen-bond donors (Lipinski definition) is 1. The van der Waals surface area contributed by atoms with Gasteiger partial charge in [0.05, 0.1) is 16.9 Å². The van der Waals surface area contributed by atoms with Crippen LogP contribution in [0, 0.1) is 0 Å². The van der Waals surface area contributed by atoms with E-state index >= 15 is 0 Å². The summed E-state index contributed by atoms with van der Waals surface area (Å²) in [5.74, 6) is 0.667. The molecule has 0 saturated carbocycles. The number of H-pyrrole nitrogens is 1. The first-order valence-corrected chi connectivity index (χ1v) is 8.56. The first-order valence-electron chi connectivity index (χ1n) is 7.68. The number of aromatic amines is 1. The lowest BCUT2D eigenvalue weighted by Crippen LogP contribution is -2.32. The Morgan fingerprint density at radius 1 is 1.33 bits per heavy atom. The quantitative estimate of drug-likeness (QED) is 0.943. The van der Waals surface area contributed by atoms with Gasteiger partial charge in [0.1, 0.15) is 0 Å². The highest BCUT2D eigenvalue weighted by molar-refractivity contribution is 7.09. The molecule has 0 unspecified atom stereocenters. The Kier molecular flexibility index (Phi) is 4.13. The molecule has 1 N–H and O–H groups in total. The molecule has 2 aromatic rings. The summed E-state index contributed by atoms with van der Waals surface area (Å²) in [5.41, 5.74) is 2.75. The Labute approximate surface area is 130 Å². The Bertz CT molecular complexity index is 559. The molecule has 0 aliphatic carbocycles. The second-order valence-corrected chi connectivity index (χ2v) is 7.83. The highest BCUT2D eigenvalue weighted by Crippen LogP contribution is 2.29. The molecule has 4 nitrogen and oxygen atoms in total. The summed E-state index contributed by atoms with van der Waals surface area (Å²) < 4.78 is 0. The van der Waals surface area contributed by atoms with Gasteiger partial charge in [-0.3, -0.25) is 10.00 Å². The zero-order valence-electron chi connectivity index (χ0n) is 13.1. The average Bonchev–Trinajstić information content (AvgIpc) is 3.09. The maximum absolute atomic E-state index is 4.81. The Hall–Kier alpha value is -1.20. The lowest BCUT2D eigenvalue weighted by molar-refractivity contribution is 0.202. The first-order chi connectivity index (χ1) is 10.0. The maximum atomic E-state index is 4.81. The molecular formula is C16H24N4S. The van der Waals surface area contributed by atoms with E-state index in [0.29, 0.717) is 5.92 Å². The van der Waals surface area contributed by atoms with Crippen LogP contribution in [0.15, 0.2) is 17.8 Å². The van der Waals surface area contributed by atoms with E-state index < -0.39 is 0 Å². The van der Waals surface area contributed by atoms with Crippen LogP contribution in [0.1, 0.15) is 55.8 Å². The number of aromatic nitrogens is 3. The molecule has 5 heteroatoms. The standard InChI is InChI=1S/C16H24N4S/c1-16(2,3)15-19-14(11-21-15)10-20-6-4-12(5-7-20)13-8-17-18-9-13/h8-9,11-12H,4-7,10H2,1-3H3,(H,17,18). The zero-order valence-corrected chi connectivity index (χ0v) is 13.9. The second-order valence-electron chi connectivity index (χ2n) is 6.98. The van der Waals surface area contributed by atoms with Crippen LogP contribution in [0.4, 0.5) is 0 Å². The van der Waals surface area contributed by atoms with Gasteiger partial charge in [-0.05, 0) is 37.4 Å². The van der Waals surface area contributed by atoms with E-state index in [2.05, 4.69) is 41.2 Å². The molecular weight excluding hydrogens is 280 g/mol. The van der Waals surface area contributed by atoms with Crippen molar-refractivity contribution in [2.75, 3.05) is 13.1 Å². The van der Waals surface area contributed by atoms with Crippen molar-refractivity contribution < 1.29 is 0 Å². The summed E-state index contributed by atoms with van der Waals surface area (Å²) in [6.45, 7) is 9.98. The van der Waals surface area contributed by atoms with Crippen molar-refractivity contribution in [3.05, 3.63) is 34.0 Å². The van der Waals surface area contributed by atoms with Crippen LogP contribution < -0.4 is 0 Å². The number of hydrogen-bond acceptors (Lipinski definition) is 4. The van der Waals surface area contributed by atoms with Crippen molar-refractivity contribution in [2.45, 2.75) is 51.5 Å². The van der Waals surface area contributed by atoms with Gasteiger partial charge < -0.3 is 0 Å². The van der Waals surface area contributed by atoms with Crippen molar-refractivity contribution in [1.29, 1.82) is 0 Å². The number of nitrogens with zero attached hydrogens (tertiary/aromatic N) is 3. The third-order valence-electron chi connectivity index (χ3n) is 4.16. The van der Waals surface area contributed by atoms with E-state index in [1.165, 1.54) is 29.1 Å². The zero-order chi connectivity index (χ0) is 14.9. The van der Waals surface area contributed by atoms with Gasteiger partial charge in [0.2, 0.25) is 0 Å². The monoisotopic (exact) mass is 304 g/mol. The molecule has 21 heavy (non-hydrogen) atoms. The molecule has 0 radical (unpaired) electrons. The van der Waals surface area contributed by atoms with E-state index in [0.717, 1.165) is 19.6 Å². The van der Waals surface area contributed by atoms with E-state index in [1.54, 1.807) is 11.3 Å². The van der Waals surface area contributed by atoms with Gasteiger partial charge in [0.25, 0.3) is 0 Å². The average molecular weight is 304 g/mol. The Morgan fingerprint density at radius 2 is 2.10 bits per heavy atom. The molecule has 1 saturated heterocycles. The number of rotatable bonds is 3. The van der Waals surface area contributed by atoms with Crippen LogP contribution in [0.5, 0.6) is 0 Å². The topological polar surface area (TPSA) is 44.8 Å². The summed E-state index contributed by atoms with van der Waals surface area (Å²) in [5, 5.41) is 10.5. The molecule has 0 aromatic carbocycles. The van der Waals surface area contributed by atoms with Crippen molar-refractivity contribution >= 4 is 11.3 Å². The highest BCUT2D eigenvalue weighted by Gasteiger charge is 2.23. The van der Waals surface area contributed by atoms with Gasteiger partial charge in [-0.15, -0.1) is 11.3 Å². The highest BCUT2D eigenvalue weighted by atomic mass is 32.1. The second kappa shape index (κ2) is 5.89. The molecule has 1 aliphatic heterocycles. The summed E-state index contributed by atoms with van der Waals surface area (Å²) in [4.78, 5) is 7.33. The van der Waals surface area contributed by atoms with Crippen LogP contribution in [-0.2, 0) is 12.0 Å². The molecule has 114 valence electrons. The molecule has 0 atom stereocenters. The first kappa shape index (κ1) is 14.7. The van der Waals surface area contributed by atoms with Gasteiger partial charge in [0, 0.05) is 23.5 Å². The van der Waals surface area contributed by atoms with Crippen molar-refractivity contribution in [3.63, 3.8) is 0 Å². The van der Waals surface area contributed by atoms with Crippen LogP contribution in [0.3, 0.4) is 0 Å². The van der Waals surface area contributed by atoms with Gasteiger partial charge >= 0.3 is 0 Å². The summed E-state index contributed by atoms with van der Waals surface area (Å²) in [6, 6.07) is 0. The SMILES string of the molecule is CC(C)(C)c1nc(CN2CCC(c3cn[nH]c3)CC2)cs1. The maximum Gasteiger partial charge on any atom is 0.0982 e. The minimum Gasteiger partial charge on any atom is -0.297 e. The molecule has 0 spiro atoms. The third-order valence-corrected chi connectivity index (χ3v) is 5.47. The molecule has 3 rings (SSSR count). The number of piperidine rings is 1. The predicted molar refractivity (Wildman–Crippen MR) is 86.7 cm³/mol. The van der Waals surface area contributed by atoms with Gasteiger partial charge in [-0.25, -0.2) is 4.98 Å². The minimum atomic E-state index is 0.164. The predicted octanol–water partition coefficient (Wildman–Crippen LogP) is 3.54. The largest absolute Gasteiger partial charge is 0.297 e. The van der Waals surface area contributed by atoms with Crippen molar-refractivity contribution in [3.8, 4) is 0 Å². The number of nitrogens with one attached hydrogen (secondary N) is 1. The minimum absolute atomic E-state index is 0.164. The molecule has 0 bridgehead atoms. The van der Waals surface area contributed by atoms with E-state index in [-0.39, 0.29) is 5.41 Å². The van der Waals surface area contributed by atoms with Crippen LogP contribution in [0.25, 0.3) is 0 Å². The van der Waals surface area contributed by atoms with E-state index in [9.17, 15) is 0 Å². The fraction of sp³-hybridized carbons (Fsp3) is 0.625.